The third kappa shape index (κ3) is 5.68. The Labute approximate surface area is 183 Å². The molecule has 0 saturated carbocycles. The molecule has 0 aliphatic carbocycles. The zero-order valence-electron chi connectivity index (χ0n) is 17.8. The smallest absolute Gasteiger partial charge is 0.229 e. The number of rotatable bonds is 8. The zero-order chi connectivity index (χ0) is 21.5. The number of hydrogen-bond donors (Lipinski definition) is 3. The molecule has 0 aliphatic rings. The molecule has 0 radical (unpaired) electrons. The Hall–Kier alpha value is -3.70. The van der Waals surface area contributed by atoms with E-state index in [0.717, 1.165) is 29.3 Å². The van der Waals surface area contributed by atoms with Gasteiger partial charge in [0.1, 0.15) is 5.82 Å². The van der Waals surface area contributed by atoms with Gasteiger partial charge in [-0.05, 0) is 49.2 Å². The molecule has 0 fully saturated rings. The molecule has 1 atom stereocenters. The van der Waals surface area contributed by atoms with Gasteiger partial charge in [0.15, 0.2) is 0 Å². The van der Waals surface area contributed by atoms with E-state index >= 15 is 0 Å². The molecule has 0 aliphatic heterocycles. The molecular formula is C26H27N5. The zero-order valence-corrected chi connectivity index (χ0v) is 17.8. The summed E-state index contributed by atoms with van der Waals surface area (Å²) in [5, 5.41) is 10.3. The highest BCUT2D eigenvalue weighted by molar-refractivity contribution is 5.62. The standard InChI is InChI=1S/C26H27N5/c1-19-17-28-26(31-25(19)29-23-13-7-4-8-14-23)30-24-15-9-12-22(16-24)20(2)27-18-21-10-5-3-6-11-21/h3-17,20,27H,18H2,1-2H3,(H2,28,29,30,31). The molecule has 0 spiro atoms. The van der Waals surface area contributed by atoms with Crippen LogP contribution in [0.2, 0.25) is 0 Å². The number of aromatic nitrogens is 2. The Bertz CT molecular complexity index is 1110. The van der Waals surface area contributed by atoms with Crippen LogP contribution in [0.4, 0.5) is 23.1 Å². The fraction of sp³-hybridized carbons (Fsp3) is 0.154. The first kappa shape index (κ1) is 20.6. The van der Waals surface area contributed by atoms with E-state index in [0.29, 0.717) is 5.95 Å². The summed E-state index contributed by atoms with van der Waals surface area (Å²) in [6, 6.07) is 29.0. The average molecular weight is 410 g/mol. The average Bonchev–Trinajstić information content (AvgIpc) is 2.81. The first-order chi connectivity index (χ1) is 15.2. The van der Waals surface area contributed by atoms with Gasteiger partial charge in [-0.25, -0.2) is 4.98 Å². The van der Waals surface area contributed by atoms with Crippen molar-refractivity contribution in [2.75, 3.05) is 10.6 Å². The van der Waals surface area contributed by atoms with Gasteiger partial charge in [-0.2, -0.15) is 4.98 Å². The number of nitrogens with zero attached hydrogens (tertiary/aromatic N) is 2. The minimum absolute atomic E-state index is 0.219. The van der Waals surface area contributed by atoms with Gasteiger partial charge in [-0.15, -0.1) is 0 Å². The lowest BCUT2D eigenvalue weighted by Crippen LogP contribution is -2.18. The first-order valence-corrected chi connectivity index (χ1v) is 10.5. The van der Waals surface area contributed by atoms with E-state index in [1.54, 1.807) is 0 Å². The van der Waals surface area contributed by atoms with E-state index in [1.165, 1.54) is 11.1 Å². The Morgan fingerprint density at radius 3 is 2.29 bits per heavy atom. The van der Waals surface area contributed by atoms with E-state index < -0.39 is 0 Å². The minimum atomic E-state index is 0.219. The lowest BCUT2D eigenvalue weighted by molar-refractivity contribution is 0.575. The van der Waals surface area contributed by atoms with E-state index in [1.807, 2.05) is 55.6 Å². The molecule has 156 valence electrons. The topological polar surface area (TPSA) is 61.9 Å². The van der Waals surface area contributed by atoms with Crippen molar-refractivity contribution in [3.63, 3.8) is 0 Å². The van der Waals surface area contributed by atoms with Crippen LogP contribution >= 0.6 is 0 Å². The number of benzene rings is 3. The lowest BCUT2D eigenvalue weighted by Gasteiger charge is -2.16. The van der Waals surface area contributed by atoms with Crippen molar-refractivity contribution in [3.05, 3.63) is 108 Å². The number of anilines is 4. The molecule has 0 saturated heterocycles. The van der Waals surface area contributed by atoms with Crippen LogP contribution in [0, 0.1) is 6.92 Å². The quantitative estimate of drug-likeness (QED) is 0.327. The SMILES string of the molecule is Cc1cnc(Nc2cccc(C(C)NCc3ccccc3)c2)nc1Nc1ccccc1. The molecular weight excluding hydrogens is 382 g/mol. The van der Waals surface area contributed by atoms with Crippen LogP contribution in [-0.2, 0) is 6.54 Å². The molecule has 4 rings (SSSR count). The highest BCUT2D eigenvalue weighted by atomic mass is 15.1. The number of aryl methyl sites for hydroxylation is 1. The van der Waals surface area contributed by atoms with Crippen LogP contribution in [0.1, 0.15) is 29.7 Å². The van der Waals surface area contributed by atoms with Gasteiger partial charge >= 0.3 is 0 Å². The van der Waals surface area contributed by atoms with Gasteiger partial charge in [-0.1, -0.05) is 60.7 Å². The van der Waals surface area contributed by atoms with Crippen molar-refractivity contribution in [2.24, 2.45) is 0 Å². The Kier molecular flexibility index (Phi) is 6.55. The predicted octanol–water partition coefficient (Wildman–Crippen LogP) is 6.12. The van der Waals surface area contributed by atoms with Gasteiger partial charge in [0.05, 0.1) is 0 Å². The second kappa shape index (κ2) is 9.87. The summed E-state index contributed by atoms with van der Waals surface area (Å²) >= 11 is 0. The third-order valence-corrected chi connectivity index (χ3v) is 5.11. The van der Waals surface area contributed by atoms with Crippen LogP contribution in [-0.4, -0.2) is 9.97 Å². The molecule has 5 heteroatoms. The molecule has 0 amide bonds. The third-order valence-electron chi connectivity index (χ3n) is 5.11. The predicted molar refractivity (Wildman–Crippen MR) is 128 cm³/mol. The monoisotopic (exact) mass is 409 g/mol. The maximum Gasteiger partial charge on any atom is 0.229 e. The van der Waals surface area contributed by atoms with Crippen LogP contribution in [0.25, 0.3) is 0 Å². The molecule has 1 aromatic heterocycles. The summed E-state index contributed by atoms with van der Waals surface area (Å²) in [6.45, 7) is 5.00. The summed E-state index contributed by atoms with van der Waals surface area (Å²) < 4.78 is 0. The normalized spacial score (nSPS) is 11.7. The number of para-hydroxylation sites is 1. The molecule has 5 nitrogen and oxygen atoms in total. The van der Waals surface area contributed by atoms with Gasteiger partial charge in [0, 0.05) is 35.7 Å². The summed E-state index contributed by atoms with van der Waals surface area (Å²) in [7, 11) is 0. The van der Waals surface area contributed by atoms with E-state index in [-0.39, 0.29) is 6.04 Å². The highest BCUT2D eigenvalue weighted by Gasteiger charge is 2.08. The van der Waals surface area contributed by atoms with Crippen molar-refractivity contribution in [3.8, 4) is 0 Å². The number of nitrogens with one attached hydrogen (secondary N) is 3. The fourth-order valence-electron chi connectivity index (χ4n) is 3.29. The van der Waals surface area contributed by atoms with Crippen LogP contribution in [0.3, 0.4) is 0 Å². The highest BCUT2D eigenvalue weighted by Crippen LogP contribution is 2.23. The van der Waals surface area contributed by atoms with Crippen molar-refractivity contribution in [1.82, 2.24) is 15.3 Å². The Morgan fingerprint density at radius 2 is 1.52 bits per heavy atom. The second-order valence-corrected chi connectivity index (χ2v) is 7.55. The summed E-state index contributed by atoms with van der Waals surface area (Å²) in [4.78, 5) is 9.11. The van der Waals surface area contributed by atoms with Crippen LogP contribution < -0.4 is 16.0 Å². The van der Waals surface area contributed by atoms with Gasteiger partial charge in [-0.3, -0.25) is 0 Å². The van der Waals surface area contributed by atoms with Crippen LogP contribution in [0.5, 0.6) is 0 Å². The Balaban J connectivity index is 1.44. The molecule has 31 heavy (non-hydrogen) atoms. The molecule has 3 N–H and O–H groups in total. The maximum atomic E-state index is 4.66. The lowest BCUT2D eigenvalue weighted by atomic mass is 10.1. The van der Waals surface area contributed by atoms with E-state index in [9.17, 15) is 0 Å². The van der Waals surface area contributed by atoms with Crippen molar-refractivity contribution in [2.45, 2.75) is 26.4 Å². The molecule has 3 aromatic carbocycles. The minimum Gasteiger partial charge on any atom is -0.340 e. The van der Waals surface area contributed by atoms with Gasteiger partial charge in [0.2, 0.25) is 5.95 Å². The molecule has 0 bridgehead atoms. The fourth-order valence-corrected chi connectivity index (χ4v) is 3.29. The maximum absolute atomic E-state index is 4.66. The van der Waals surface area contributed by atoms with E-state index in [4.69, 9.17) is 0 Å². The van der Waals surface area contributed by atoms with Crippen molar-refractivity contribution in [1.29, 1.82) is 0 Å². The van der Waals surface area contributed by atoms with Crippen molar-refractivity contribution >= 4 is 23.1 Å². The van der Waals surface area contributed by atoms with Gasteiger partial charge < -0.3 is 16.0 Å². The number of hydrogen-bond acceptors (Lipinski definition) is 5. The molecule has 4 aromatic rings. The largest absolute Gasteiger partial charge is 0.340 e. The Morgan fingerprint density at radius 1 is 0.806 bits per heavy atom. The summed E-state index contributed by atoms with van der Waals surface area (Å²) in [5.41, 5.74) is 5.42. The summed E-state index contributed by atoms with van der Waals surface area (Å²) in [6.07, 6.45) is 1.83. The van der Waals surface area contributed by atoms with Crippen LogP contribution in [0.15, 0.2) is 91.1 Å². The van der Waals surface area contributed by atoms with E-state index in [2.05, 4.69) is 75.3 Å². The molecule has 1 unspecified atom stereocenters. The van der Waals surface area contributed by atoms with Gasteiger partial charge in [0.25, 0.3) is 0 Å². The second-order valence-electron chi connectivity index (χ2n) is 7.55. The molecule has 1 heterocycles. The van der Waals surface area contributed by atoms with Crippen molar-refractivity contribution < 1.29 is 0 Å². The first-order valence-electron chi connectivity index (χ1n) is 10.5. The summed E-state index contributed by atoms with van der Waals surface area (Å²) in [5.74, 6) is 1.35.